The zero-order valence-electron chi connectivity index (χ0n) is 11.7. The minimum atomic E-state index is 0.105. The van der Waals surface area contributed by atoms with Gasteiger partial charge in [-0.1, -0.05) is 0 Å². The lowest BCUT2D eigenvalue weighted by Crippen LogP contribution is -2.25. The minimum Gasteiger partial charge on any atom is -0.458 e. The second-order valence-electron chi connectivity index (χ2n) is 4.98. The number of nitrogens with zero attached hydrogens (tertiary/aromatic N) is 5. The third kappa shape index (κ3) is 2.84. The molecule has 0 amide bonds. The van der Waals surface area contributed by atoms with Gasteiger partial charge < -0.3 is 9.64 Å². The van der Waals surface area contributed by atoms with Crippen molar-refractivity contribution in [3.8, 4) is 6.01 Å². The summed E-state index contributed by atoms with van der Waals surface area (Å²) in [5, 5.41) is 0. The molecule has 0 aliphatic carbocycles. The predicted molar refractivity (Wildman–Crippen MR) is 74.8 cm³/mol. The van der Waals surface area contributed by atoms with E-state index in [1.807, 2.05) is 19.9 Å². The fraction of sp³-hybridized carbons (Fsp3) is 0.429. The lowest BCUT2D eigenvalue weighted by atomic mass is 10.3. The van der Waals surface area contributed by atoms with Crippen LogP contribution in [-0.2, 0) is 0 Å². The Morgan fingerprint density at radius 3 is 2.75 bits per heavy atom. The highest BCUT2D eigenvalue weighted by atomic mass is 16.5. The Kier molecular flexibility index (Phi) is 3.45. The molecule has 0 aromatic carbocycles. The maximum atomic E-state index is 5.80. The van der Waals surface area contributed by atoms with Gasteiger partial charge in [-0.2, -0.15) is 0 Å². The highest BCUT2D eigenvalue weighted by Crippen LogP contribution is 2.20. The Morgan fingerprint density at radius 1 is 1.20 bits per heavy atom. The molecule has 6 nitrogen and oxygen atoms in total. The maximum absolute atomic E-state index is 5.80. The fourth-order valence-corrected chi connectivity index (χ4v) is 2.24. The molecule has 1 aliphatic heterocycles. The highest BCUT2D eigenvalue weighted by molar-refractivity contribution is 5.39. The largest absolute Gasteiger partial charge is 0.458 e. The third-order valence-electron chi connectivity index (χ3n) is 3.26. The fourth-order valence-electron chi connectivity index (χ4n) is 2.24. The van der Waals surface area contributed by atoms with Crippen molar-refractivity contribution in [3.05, 3.63) is 36.0 Å². The molecule has 2 aromatic rings. The lowest BCUT2D eigenvalue weighted by Gasteiger charge is -2.17. The van der Waals surface area contributed by atoms with Crippen molar-refractivity contribution in [2.45, 2.75) is 26.4 Å². The summed E-state index contributed by atoms with van der Waals surface area (Å²) in [6.07, 6.45) is 6.37. The van der Waals surface area contributed by atoms with Crippen LogP contribution in [0, 0.1) is 13.8 Å². The van der Waals surface area contributed by atoms with Crippen LogP contribution in [0.4, 0.5) is 5.82 Å². The first-order valence-corrected chi connectivity index (χ1v) is 6.70. The van der Waals surface area contributed by atoms with Gasteiger partial charge in [0.15, 0.2) is 0 Å². The van der Waals surface area contributed by atoms with Crippen molar-refractivity contribution in [3.63, 3.8) is 0 Å². The van der Waals surface area contributed by atoms with E-state index in [2.05, 4.69) is 24.8 Å². The van der Waals surface area contributed by atoms with Gasteiger partial charge in [0.1, 0.15) is 17.7 Å². The molecule has 1 unspecified atom stereocenters. The Morgan fingerprint density at radius 2 is 2.00 bits per heavy atom. The van der Waals surface area contributed by atoms with Gasteiger partial charge in [0.2, 0.25) is 0 Å². The molecule has 0 saturated carbocycles. The molecular formula is C14H17N5O. The zero-order chi connectivity index (χ0) is 13.9. The van der Waals surface area contributed by atoms with Crippen LogP contribution in [0.25, 0.3) is 0 Å². The SMILES string of the molecule is Cc1cnc(OC2CCN(c3ccnc(C)n3)C2)nc1. The first-order chi connectivity index (χ1) is 9.70. The number of rotatable bonds is 3. The Labute approximate surface area is 117 Å². The minimum absolute atomic E-state index is 0.105. The van der Waals surface area contributed by atoms with Crippen molar-refractivity contribution < 1.29 is 4.74 Å². The molecule has 2 aromatic heterocycles. The van der Waals surface area contributed by atoms with E-state index in [4.69, 9.17) is 4.74 Å². The Bertz CT molecular complexity index is 586. The molecule has 3 rings (SSSR count). The molecule has 0 spiro atoms. The van der Waals surface area contributed by atoms with Crippen LogP contribution in [0.1, 0.15) is 17.8 Å². The summed E-state index contributed by atoms with van der Waals surface area (Å²) >= 11 is 0. The van der Waals surface area contributed by atoms with Crippen LogP contribution in [0.15, 0.2) is 24.7 Å². The van der Waals surface area contributed by atoms with E-state index in [1.165, 1.54) is 0 Å². The van der Waals surface area contributed by atoms with Crippen LogP contribution in [0.5, 0.6) is 6.01 Å². The molecule has 0 N–H and O–H groups in total. The molecule has 104 valence electrons. The van der Waals surface area contributed by atoms with Gasteiger partial charge >= 0.3 is 6.01 Å². The average Bonchev–Trinajstić information content (AvgIpc) is 2.90. The van der Waals surface area contributed by atoms with E-state index < -0.39 is 0 Å². The third-order valence-corrected chi connectivity index (χ3v) is 3.26. The molecule has 20 heavy (non-hydrogen) atoms. The number of hydrogen-bond acceptors (Lipinski definition) is 6. The van der Waals surface area contributed by atoms with Crippen LogP contribution in [0.3, 0.4) is 0 Å². The molecule has 0 radical (unpaired) electrons. The van der Waals surface area contributed by atoms with E-state index >= 15 is 0 Å². The van der Waals surface area contributed by atoms with Crippen molar-refractivity contribution >= 4 is 5.82 Å². The predicted octanol–water partition coefficient (Wildman–Crippen LogP) is 1.54. The van der Waals surface area contributed by atoms with Gasteiger partial charge in [0.25, 0.3) is 0 Å². The quantitative estimate of drug-likeness (QED) is 0.843. The topological polar surface area (TPSA) is 64.0 Å². The number of aryl methyl sites for hydroxylation is 2. The van der Waals surface area contributed by atoms with Gasteiger partial charge in [-0.25, -0.2) is 19.9 Å². The van der Waals surface area contributed by atoms with E-state index in [-0.39, 0.29) is 6.10 Å². The number of hydrogen-bond donors (Lipinski definition) is 0. The highest BCUT2D eigenvalue weighted by Gasteiger charge is 2.25. The monoisotopic (exact) mass is 271 g/mol. The molecule has 0 bridgehead atoms. The van der Waals surface area contributed by atoms with Gasteiger partial charge in [-0.3, -0.25) is 0 Å². The molecule has 1 saturated heterocycles. The standard InChI is InChI=1S/C14H17N5O/c1-10-7-16-14(17-8-10)20-12-4-6-19(9-12)13-3-5-15-11(2)18-13/h3,5,7-8,12H,4,6,9H2,1-2H3. The summed E-state index contributed by atoms with van der Waals surface area (Å²) in [5.74, 6) is 1.74. The van der Waals surface area contributed by atoms with Gasteiger partial charge in [-0.05, 0) is 25.5 Å². The first-order valence-electron chi connectivity index (χ1n) is 6.70. The zero-order valence-corrected chi connectivity index (χ0v) is 11.7. The molecule has 6 heteroatoms. The summed E-state index contributed by atoms with van der Waals surface area (Å²) < 4.78 is 5.80. The van der Waals surface area contributed by atoms with E-state index in [0.717, 1.165) is 36.7 Å². The summed E-state index contributed by atoms with van der Waals surface area (Å²) in [6, 6.07) is 2.37. The molecule has 3 heterocycles. The lowest BCUT2D eigenvalue weighted by molar-refractivity contribution is 0.206. The van der Waals surface area contributed by atoms with Crippen LogP contribution >= 0.6 is 0 Å². The van der Waals surface area contributed by atoms with Crippen molar-refractivity contribution in [1.29, 1.82) is 0 Å². The van der Waals surface area contributed by atoms with Crippen LogP contribution in [0.2, 0.25) is 0 Å². The van der Waals surface area contributed by atoms with Gasteiger partial charge in [0.05, 0.1) is 6.54 Å². The maximum Gasteiger partial charge on any atom is 0.316 e. The molecule has 1 aliphatic rings. The Balaban J connectivity index is 1.63. The van der Waals surface area contributed by atoms with Gasteiger partial charge in [0, 0.05) is 31.6 Å². The van der Waals surface area contributed by atoms with E-state index in [9.17, 15) is 0 Å². The second kappa shape index (κ2) is 5.40. The number of anilines is 1. The van der Waals surface area contributed by atoms with Gasteiger partial charge in [-0.15, -0.1) is 0 Å². The number of ether oxygens (including phenoxy) is 1. The molecule has 1 fully saturated rings. The van der Waals surface area contributed by atoms with E-state index in [0.29, 0.717) is 6.01 Å². The summed E-state index contributed by atoms with van der Waals surface area (Å²) in [5.41, 5.74) is 1.03. The smallest absolute Gasteiger partial charge is 0.316 e. The second-order valence-corrected chi connectivity index (χ2v) is 4.98. The first kappa shape index (κ1) is 12.8. The summed E-state index contributed by atoms with van der Waals surface area (Å²) in [6.45, 7) is 5.58. The Hall–Kier alpha value is -2.24. The summed E-state index contributed by atoms with van der Waals surface area (Å²) in [7, 11) is 0. The van der Waals surface area contributed by atoms with Crippen LogP contribution in [-0.4, -0.2) is 39.1 Å². The van der Waals surface area contributed by atoms with Crippen molar-refractivity contribution in [1.82, 2.24) is 19.9 Å². The normalized spacial score (nSPS) is 18.3. The molecule has 1 atom stereocenters. The van der Waals surface area contributed by atoms with E-state index in [1.54, 1.807) is 18.6 Å². The average molecular weight is 271 g/mol. The van der Waals surface area contributed by atoms with Crippen molar-refractivity contribution in [2.24, 2.45) is 0 Å². The number of aromatic nitrogens is 4. The summed E-state index contributed by atoms with van der Waals surface area (Å²) in [4.78, 5) is 19.1. The van der Waals surface area contributed by atoms with Crippen molar-refractivity contribution in [2.75, 3.05) is 18.0 Å². The van der Waals surface area contributed by atoms with Crippen LogP contribution < -0.4 is 9.64 Å². The molecular weight excluding hydrogens is 254 g/mol.